The van der Waals surface area contributed by atoms with Gasteiger partial charge in [-0.3, -0.25) is 0 Å². The summed E-state index contributed by atoms with van der Waals surface area (Å²) in [5, 5.41) is 3.50. The summed E-state index contributed by atoms with van der Waals surface area (Å²) in [5.74, 6) is 0. The highest BCUT2D eigenvalue weighted by Gasteiger charge is 2.09. The quantitative estimate of drug-likeness (QED) is 0.610. The Morgan fingerprint density at radius 2 is 1.88 bits per heavy atom. The molecule has 1 N–H and O–H groups in total. The van der Waals surface area contributed by atoms with Gasteiger partial charge in [-0.2, -0.15) is 0 Å². The Bertz CT molecular complexity index is 156. The number of nitrogens with zero attached hydrogens (tertiary/aromatic N) is 1. The van der Waals surface area contributed by atoms with Crippen LogP contribution >= 0.6 is 0 Å². The molecule has 1 aliphatic heterocycles. The Hall–Kier alpha value is -0.120. The van der Waals surface area contributed by atoms with Crippen molar-refractivity contribution in [2.24, 2.45) is 0 Å². The molecule has 0 radical (unpaired) electrons. The van der Waals surface area contributed by atoms with Crippen LogP contribution in [-0.2, 0) is 4.74 Å². The van der Waals surface area contributed by atoms with Crippen LogP contribution in [0.1, 0.15) is 39.5 Å². The molecule has 0 aliphatic carbocycles. The zero-order valence-electron chi connectivity index (χ0n) is 11.0. The molecule has 1 aliphatic rings. The van der Waals surface area contributed by atoms with Crippen LogP contribution in [-0.4, -0.2) is 50.3 Å². The molecule has 16 heavy (non-hydrogen) atoms. The smallest absolute Gasteiger partial charge is 0.0518 e. The molecule has 0 spiro atoms. The van der Waals surface area contributed by atoms with Gasteiger partial charge in [0.15, 0.2) is 0 Å². The average Bonchev–Trinajstić information content (AvgIpc) is 2.74. The minimum atomic E-state index is 0.378. The van der Waals surface area contributed by atoms with Crippen LogP contribution in [0, 0.1) is 0 Å². The Morgan fingerprint density at radius 1 is 1.12 bits per heavy atom. The van der Waals surface area contributed by atoms with E-state index in [1.165, 1.54) is 45.3 Å². The second-order valence-corrected chi connectivity index (χ2v) is 4.93. The van der Waals surface area contributed by atoms with Gasteiger partial charge in [0.1, 0.15) is 0 Å². The maximum Gasteiger partial charge on any atom is 0.0518 e. The standard InChI is InChI=1S/C13H28N2O/c1-13(2)16-12-6-3-7-14-8-11-15-9-4-5-10-15/h13-14H,3-12H2,1-2H3. The molecule has 0 amide bonds. The van der Waals surface area contributed by atoms with Gasteiger partial charge in [-0.25, -0.2) is 0 Å². The molecule has 0 atom stereocenters. The normalized spacial score (nSPS) is 17.4. The fourth-order valence-corrected chi connectivity index (χ4v) is 2.04. The lowest BCUT2D eigenvalue weighted by Crippen LogP contribution is -2.30. The minimum Gasteiger partial charge on any atom is -0.379 e. The number of unbranched alkanes of at least 4 members (excludes halogenated alkanes) is 1. The Balaban J connectivity index is 1.74. The van der Waals surface area contributed by atoms with E-state index in [-0.39, 0.29) is 0 Å². The van der Waals surface area contributed by atoms with Crippen molar-refractivity contribution in [2.75, 3.05) is 39.3 Å². The van der Waals surface area contributed by atoms with Crippen LogP contribution in [0.3, 0.4) is 0 Å². The zero-order valence-corrected chi connectivity index (χ0v) is 11.0. The number of hydrogen-bond donors (Lipinski definition) is 1. The van der Waals surface area contributed by atoms with Crippen molar-refractivity contribution in [3.05, 3.63) is 0 Å². The Morgan fingerprint density at radius 3 is 2.56 bits per heavy atom. The SMILES string of the molecule is CC(C)OCCCCNCCN1CCCC1. The molecule has 3 heteroatoms. The summed E-state index contributed by atoms with van der Waals surface area (Å²) in [6.45, 7) is 11.2. The summed E-state index contributed by atoms with van der Waals surface area (Å²) >= 11 is 0. The first-order valence-corrected chi connectivity index (χ1v) is 6.83. The van der Waals surface area contributed by atoms with Gasteiger partial charge in [-0.05, 0) is 59.2 Å². The highest BCUT2D eigenvalue weighted by molar-refractivity contribution is 4.66. The molecule has 0 aromatic carbocycles. The van der Waals surface area contributed by atoms with E-state index in [0.717, 1.165) is 19.7 Å². The van der Waals surface area contributed by atoms with E-state index in [1.807, 2.05) is 0 Å². The summed E-state index contributed by atoms with van der Waals surface area (Å²) in [4.78, 5) is 2.55. The number of hydrogen-bond acceptors (Lipinski definition) is 3. The lowest BCUT2D eigenvalue weighted by Gasteiger charge is -2.14. The van der Waals surface area contributed by atoms with E-state index in [9.17, 15) is 0 Å². The molecular formula is C13H28N2O. The molecule has 1 rings (SSSR count). The molecular weight excluding hydrogens is 200 g/mol. The third-order valence-corrected chi connectivity index (χ3v) is 3.00. The zero-order chi connectivity index (χ0) is 11.6. The molecule has 0 saturated carbocycles. The minimum absolute atomic E-state index is 0.378. The summed E-state index contributed by atoms with van der Waals surface area (Å²) < 4.78 is 5.49. The maximum absolute atomic E-state index is 5.49. The van der Waals surface area contributed by atoms with E-state index in [2.05, 4.69) is 24.1 Å². The van der Waals surface area contributed by atoms with E-state index < -0.39 is 0 Å². The van der Waals surface area contributed by atoms with Gasteiger partial charge in [-0.1, -0.05) is 0 Å². The fourth-order valence-electron chi connectivity index (χ4n) is 2.04. The van der Waals surface area contributed by atoms with Crippen molar-refractivity contribution in [3.8, 4) is 0 Å². The maximum atomic E-state index is 5.49. The van der Waals surface area contributed by atoms with Crippen LogP contribution in [0.2, 0.25) is 0 Å². The van der Waals surface area contributed by atoms with Crippen molar-refractivity contribution in [3.63, 3.8) is 0 Å². The van der Waals surface area contributed by atoms with Crippen LogP contribution in [0.5, 0.6) is 0 Å². The van der Waals surface area contributed by atoms with Crippen molar-refractivity contribution in [1.82, 2.24) is 10.2 Å². The van der Waals surface area contributed by atoms with Gasteiger partial charge in [-0.15, -0.1) is 0 Å². The summed E-state index contributed by atoms with van der Waals surface area (Å²) in [5.41, 5.74) is 0. The number of likely N-dealkylation sites (tertiary alicyclic amines) is 1. The molecule has 1 saturated heterocycles. The van der Waals surface area contributed by atoms with Crippen LogP contribution in [0.15, 0.2) is 0 Å². The van der Waals surface area contributed by atoms with Gasteiger partial charge >= 0.3 is 0 Å². The third kappa shape index (κ3) is 7.20. The van der Waals surface area contributed by atoms with Crippen LogP contribution in [0.4, 0.5) is 0 Å². The van der Waals surface area contributed by atoms with Gasteiger partial charge in [0.25, 0.3) is 0 Å². The second-order valence-electron chi connectivity index (χ2n) is 4.93. The van der Waals surface area contributed by atoms with Crippen LogP contribution in [0.25, 0.3) is 0 Å². The van der Waals surface area contributed by atoms with Crippen molar-refractivity contribution in [2.45, 2.75) is 45.6 Å². The topological polar surface area (TPSA) is 24.5 Å². The number of ether oxygens (including phenoxy) is 1. The predicted octanol–water partition coefficient (Wildman–Crippen LogP) is 1.88. The average molecular weight is 228 g/mol. The Labute approximate surface area is 101 Å². The molecule has 3 nitrogen and oxygen atoms in total. The van der Waals surface area contributed by atoms with Gasteiger partial charge in [0.2, 0.25) is 0 Å². The second kappa shape index (κ2) is 8.97. The number of nitrogens with one attached hydrogen (secondary N) is 1. The molecule has 0 unspecified atom stereocenters. The third-order valence-electron chi connectivity index (χ3n) is 3.00. The van der Waals surface area contributed by atoms with Crippen molar-refractivity contribution >= 4 is 0 Å². The molecule has 0 aromatic heterocycles. The number of rotatable bonds is 9. The highest BCUT2D eigenvalue weighted by atomic mass is 16.5. The first-order valence-electron chi connectivity index (χ1n) is 6.83. The molecule has 96 valence electrons. The van der Waals surface area contributed by atoms with Gasteiger partial charge < -0.3 is 15.0 Å². The van der Waals surface area contributed by atoms with Gasteiger partial charge in [0, 0.05) is 19.7 Å². The lowest BCUT2D eigenvalue weighted by molar-refractivity contribution is 0.0760. The largest absolute Gasteiger partial charge is 0.379 e. The van der Waals surface area contributed by atoms with Crippen molar-refractivity contribution in [1.29, 1.82) is 0 Å². The molecule has 1 fully saturated rings. The lowest BCUT2D eigenvalue weighted by atomic mass is 10.3. The predicted molar refractivity (Wildman–Crippen MR) is 68.9 cm³/mol. The van der Waals surface area contributed by atoms with E-state index >= 15 is 0 Å². The molecule has 0 bridgehead atoms. The van der Waals surface area contributed by atoms with Gasteiger partial charge in [0.05, 0.1) is 6.10 Å². The summed E-state index contributed by atoms with van der Waals surface area (Å²) in [7, 11) is 0. The molecule has 0 aromatic rings. The molecule has 1 heterocycles. The summed E-state index contributed by atoms with van der Waals surface area (Å²) in [6.07, 6.45) is 5.57. The summed E-state index contributed by atoms with van der Waals surface area (Å²) in [6, 6.07) is 0. The first kappa shape index (κ1) is 13.9. The van der Waals surface area contributed by atoms with E-state index in [4.69, 9.17) is 4.74 Å². The monoisotopic (exact) mass is 228 g/mol. The first-order chi connectivity index (χ1) is 7.79. The Kier molecular flexibility index (Phi) is 7.81. The van der Waals surface area contributed by atoms with E-state index in [0.29, 0.717) is 6.10 Å². The van der Waals surface area contributed by atoms with E-state index in [1.54, 1.807) is 0 Å². The fraction of sp³-hybridized carbons (Fsp3) is 1.00. The van der Waals surface area contributed by atoms with Crippen LogP contribution < -0.4 is 5.32 Å². The van der Waals surface area contributed by atoms with Crippen molar-refractivity contribution < 1.29 is 4.74 Å². The highest BCUT2D eigenvalue weighted by Crippen LogP contribution is 2.05.